The predicted octanol–water partition coefficient (Wildman–Crippen LogP) is 1.01. The fourth-order valence-corrected chi connectivity index (χ4v) is 0.804. The van der Waals surface area contributed by atoms with Crippen molar-refractivity contribution in [2.24, 2.45) is 0 Å². The summed E-state index contributed by atoms with van der Waals surface area (Å²) in [7, 11) is 0. The third kappa shape index (κ3) is 2.20. The minimum absolute atomic E-state index is 0.0550. The summed E-state index contributed by atoms with van der Waals surface area (Å²) in [6.07, 6.45) is 1.66. The Hall–Kier alpha value is -1.09. The first-order valence-electron chi connectivity index (χ1n) is 3.66. The Balaban J connectivity index is 2.66. The van der Waals surface area contributed by atoms with Crippen LogP contribution in [0.3, 0.4) is 0 Å². The molecule has 0 aliphatic heterocycles. The monoisotopic (exact) mass is 152 g/mol. The maximum Gasteiger partial charge on any atom is 0.125 e. The minimum Gasteiger partial charge on any atom is -0.392 e. The number of hydrogen-bond acceptors (Lipinski definition) is 3. The summed E-state index contributed by atoms with van der Waals surface area (Å²) >= 11 is 0. The third-order valence-electron chi connectivity index (χ3n) is 1.37. The molecule has 1 heterocycles. The topological polar surface area (TPSA) is 45.1 Å². The zero-order valence-corrected chi connectivity index (χ0v) is 6.54. The van der Waals surface area contributed by atoms with Crippen molar-refractivity contribution >= 4 is 5.82 Å². The van der Waals surface area contributed by atoms with Gasteiger partial charge in [-0.2, -0.15) is 0 Å². The minimum atomic E-state index is 0.0550. The lowest BCUT2D eigenvalue weighted by molar-refractivity contribution is 0.281. The van der Waals surface area contributed by atoms with E-state index in [9.17, 15) is 0 Å². The maximum atomic E-state index is 8.70. The quantitative estimate of drug-likeness (QED) is 0.679. The molecule has 0 saturated heterocycles. The molecule has 1 rings (SSSR count). The summed E-state index contributed by atoms with van der Waals surface area (Å²) in [5.41, 5.74) is 0.839. The lowest BCUT2D eigenvalue weighted by Crippen LogP contribution is -1.98. The highest BCUT2D eigenvalue weighted by molar-refractivity contribution is 5.34. The van der Waals surface area contributed by atoms with E-state index in [0.717, 1.165) is 17.9 Å². The number of rotatable bonds is 3. The van der Waals surface area contributed by atoms with Crippen LogP contribution in [0.5, 0.6) is 0 Å². The largest absolute Gasteiger partial charge is 0.392 e. The number of nitrogens with zero attached hydrogens (tertiary/aromatic N) is 1. The summed E-state index contributed by atoms with van der Waals surface area (Å²) in [5, 5.41) is 11.8. The molecule has 3 nitrogen and oxygen atoms in total. The molecular weight excluding hydrogens is 140 g/mol. The van der Waals surface area contributed by atoms with Crippen LogP contribution < -0.4 is 5.32 Å². The molecule has 0 spiro atoms. The number of aromatic nitrogens is 1. The zero-order chi connectivity index (χ0) is 8.10. The number of aliphatic hydroxyl groups excluding tert-OH is 1. The first-order valence-corrected chi connectivity index (χ1v) is 3.66. The van der Waals surface area contributed by atoms with Gasteiger partial charge in [0.15, 0.2) is 0 Å². The molecule has 0 amide bonds. The van der Waals surface area contributed by atoms with E-state index >= 15 is 0 Å². The number of anilines is 1. The molecule has 1 aromatic heterocycles. The molecule has 60 valence electrons. The van der Waals surface area contributed by atoms with Crippen LogP contribution in [0.15, 0.2) is 18.3 Å². The average Bonchev–Trinajstić information content (AvgIpc) is 2.07. The van der Waals surface area contributed by atoms with Gasteiger partial charge in [-0.05, 0) is 18.6 Å². The first kappa shape index (κ1) is 8.01. The van der Waals surface area contributed by atoms with Crippen molar-refractivity contribution in [2.75, 3.05) is 11.9 Å². The van der Waals surface area contributed by atoms with Gasteiger partial charge in [-0.25, -0.2) is 4.98 Å². The van der Waals surface area contributed by atoms with Crippen molar-refractivity contribution in [3.05, 3.63) is 23.9 Å². The van der Waals surface area contributed by atoms with Gasteiger partial charge in [0.05, 0.1) is 6.61 Å². The Labute approximate surface area is 66.1 Å². The second-order valence-corrected chi connectivity index (χ2v) is 2.24. The lowest BCUT2D eigenvalue weighted by atomic mass is 10.3. The molecule has 0 aromatic carbocycles. The summed E-state index contributed by atoms with van der Waals surface area (Å²) in [5.74, 6) is 0.852. The van der Waals surface area contributed by atoms with Crippen molar-refractivity contribution < 1.29 is 5.11 Å². The molecule has 1 aromatic rings. The normalized spacial score (nSPS) is 9.64. The molecule has 0 atom stereocenters. The fourth-order valence-electron chi connectivity index (χ4n) is 0.804. The Morgan fingerprint density at radius 3 is 2.82 bits per heavy atom. The van der Waals surface area contributed by atoms with Crippen molar-refractivity contribution in [1.29, 1.82) is 0 Å². The standard InChI is InChI=1S/C8H12N2O/c1-2-9-8-4-3-7(6-11)5-10-8/h3-5,11H,2,6H2,1H3,(H,9,10). The van der Waals surface area contributed by atoms with Crippen LogP contribution in [-0.2, 0) is 6.61 Å². The summed E-state index contributed by atoms with van der Waals surface area (Å²) in [6, 6.07) is 3.71. The lowest BCUT2D eigenvalue weighted by Gasteiger charge is -2.01. The molecule has 2 N–H and O–H groups in total. The van der Waals surface area contributed by atoms with Crippen LogP contribution in [0.4, 0.5) is 5.82 Å². The maximum absolute atomic E-state index is 8.70. The van der Waals surface area contributed by atoms with Gasteiger partial charge in [-0.15, -0.1) is 0 Å². The van der Waals surface area contributed by atoms with Crippen molar-refractivity contribution in [1.82, 2.24) is 4.98 Å². The van der Waals surface area contributed by atoms with Gasteiger partial charge in [-0.3, -0.25) is 0 Å². The molecule has 0 unspecified atom stereocenters. The van der Waals surface area contributed by atoms with Crippen LogP contribution in [0.1, 0.15) is 12.5 Å². The summed E-state index contributed by atoms with van der Waals surface area (Å²) in [6.45, 7) is 2.94. The second kappa shape index (κ2) is 3.93. The number of pyridine rings is 1. The number of hydrogen-bond donors (Lipinski definition) is 2. The van der Waals surface area contributed by atoms with E-state index in [-0.39, 0.29) is 6.61 Å². The van der Waals surface area contributed by atoms with Gasteiger partial charge in [0.25, 0.3) is 0 Å². The average molecular weight is 152 g/mol. The van der Waals surface area contributed by atoms with Crippen LogP contribution in [0.25, 0.3) is 0 Å². The van der Waals surface area contributed by atoms with E-state index in [0.29, 0.717) is 0 Å². The van der Waals surface area contributed by atoms with Gasteiger partial charge in [0.2, 0.25) is 0 Å². The molecule has 0 saturated carbocycles. The Morgan fingerprint density at radius 1 is 1.55 bits per heavy atom. The third-order valence-corrected chi connectivity index (χ3v) is 1.37. The second-order valence-electron chi connectivity index (χ2n) is 2.24. The van der Waals surface area contributed by atoms with E-state index in [1.165, 1.54) is 0 Å². The van der Waals surface area contributed by atoms with Crippen LogP contribution in [-0.4, -0.2) is 16.6 Å². The van der Waals surface area contributed by atoms with E-state index in [1.54, 1.807) is 6.20 Å². The predicted molar refractivity (Wildman–Crippen MR) is 44.3 cm³/mol. The molecule has 11 heavy (non-hydrogen) atoms. The van der Waals surface area contributed by atoms with E-state index in [1.807, 2.05) is 19.1 Å². The highest BCUT2D eigenvalue weighted by Crippen LogP contribution is 2.03. The molecule has 0 aliphatic carbocycles. The van der Waals surface area contributed by atoms with Gasteiger partial charge in [-0.1, -0.05) is 6.07 Å². The number of aliphatic hydroxyl groups is 1. The van der Waals surface area contributed by atoms with Gasteiger partial charge >= 0.3 is 0 Å². The van der Waals surface area contributed by atoms with Crippen molar-refractivity contribution in [3.63, 3.8) is 0 Å². The Bertz CT molecular complexity index is 208. The molecular formula is C8H12N2O. The van der Waals surface area contributed by atoms with Crippen LogP contribution in [0, 0.1) is 0 Å². The van der Waals surface area contributed by atoms with Gasteiger partial charge in [0, 0.05) is 12.7 Å². The van der Waals surface area contributed by atoms with Crippen LogP contribution in [0.2, 0.25) is 0 Å². The van der Waals surface area contributed by atoms with Gasteiger partial charge in [0.1, 0.15) is 5.82 Å². The molecule has 0 fully saturated rings. The van der Waals surface area contributed by atoms with E-state index in [4.69, 9.17) is 5.11 Å². The molecule has 3 heteroatoms. The molecule has 0 aliphatic rings. The number of nitrogens with one attached hydrogen (secondary N) is 1. The highest BCUT2D eigenvalue weighted by Gasteiger charge is 1.91. The SMILES string of the molecule is CCNc1ccc(CO)cn1. The molecule has 0 radical (unpaired) electrons. The Morgan fingerprint density at radius 2 is 2.36 bits per heavy atom. The van der Waals surface area contributed by atoms with Crippen molar-refractivity contribution in [2.45, 2.75) is 13.5 Å². The molecule has 0 bridgehead atoms. The first-order chi connectivity index (χ1) is 5.36. The Kier molecular flexibility index (Phi) is 2.86. The zero-order valence-electron chi connectivity index (χ0n) is 6.54. The van der Waals surface area contributed by atoms with E-state index in [2.05, 4.69) is 10.3 Å². The summed E-state index contributed by atoms with van der Waals surface area (Å²) in [4.78, 5) is 4.07. The smallest absolute Gasteiger partial charge is 0.125 e. The summed E-state index contributed by atoms with van der Waals surface area (Å²) < 4.78 is 0. The van der Waals surface area contributed by atoms with Crippen molar-refractivity contribution in [3.8, 4) is 0 Å². The van der Waals surface area contributed by atoms with Gasteiger partial charge < -0.3 is 10.4 Å². The highest BCUT2D eigenvalue weighted by atomic mass is 16.3. The van der Waals surface area contributed by atoms with E-state index < -0.39 is 0 Å². The van der Waals surface area contributed by atoms with Crippen LogP contribution >= 0.6 is 0 Å². The fraction of sp³-hybridized carbons (Fsp3) is 0.375.